The first-order valence-electron chi connectivity index (χ1n) is 9.49. The Hall–Kier alpha value is -3.05. The van der Waals surface area contributed by atoms with Crippen LogP contribution < -0.4 is 10.1 Å². The standard InChI is InChI=1S/C24H21BrN2O2/c25-20-9-6-17(7-10-20)12-13-26-24(28)23-14-19-8-11-21(15-22(19)27-23)29-16-18-4-2-1-3-5-18/h1-11,14-15,27H,12-13,16H2,(H,26,28). The van der Waals surface area contributed by atoms with Crippen molar-refractivity contribution in [3.8, 4) is 5.75 Å². The molecule has 1 heterocycles. The number of benzene rings is 3. The number of rotatable bonds is 7. The number of amides is 1. The Morgan fingerprint density at radius 2 is 1.72 bits per heavy atom. The van der Waals surface area contributed by atoms with Gasteiger partial charge in [-0.3, -0.25) is 4.79 Å². The summed E-state index contributed by atoms with van der Waals surface area (Å²) < 4.78 is 6.92. The highest BCUT2D eigenvalue weighted by Gasteiger charge is 2.10. The third-order valence-corrected chi connectivity index (χ3v) is 5.23. The van der Waals surface area contributed by atoms with Crippen LogP contribution >= 0.6 is 15.9 Å². The van der Waals surface area contributed by atoms with E-state index in [1.165, 1.54) is 5.56 Å². The summed E-state index contributed by atoms with van der Waals surface area (Å²) in [4.78, 5) is 15.7. The fraction of sp³-hybridized carbons (Fsp3) is 0.125. The quantitative estimate of drug-likeness (QED) is 0.393. The lowest BCUT2D eigenvalue weighted by Gasteiger charge is -2.06. The van der Waals surface area contributed by atoms with E-state index in [1.54, 1.807) is 0 Å². The number of fused-ring (bicyclic) bond motifs is 1. The van der Waals surface area contributed by atoms with E-state index in [-0.39, 0.29) is 5.91 Å². The summed E-state index contributed by atoms with van der Waals surface area (Å²) in [6, 6.07) is 25.8. The third-order valence-electron chi connectivity index (χ3n) is 4.70. The minimum Gasteiger partial charge on any atom is -0.489 e. The molecule has 4 aromatic rings. The predicted octanol–water partition coefficient (Wildman–Crippen LogP) is 5.48. The number of nitrogens with one attached hydrogen (secondary N) is 2. The highest BCUT2D eigenvalue weighted by Crippen LogP contribution is 2.22. The second-order valence-corrected chi connectivity index (χ2v) is 7.75. The molecule has 0 fully saturated rings. The van der Waals surface area contributed by atoms with Gasteiger partial charge in [0, 0.05) is 28.0 Å². The van der Waals surface area contributed by atoms with Crippen LogP contribution in [0.25, 0.3) is 10.9 Å². The molecular weight excluding hydrogens is 428 g/mol. The van der Waals surface area contributed by atoms with Gasteiger partial charge in [-0.15, -0.1) is 0 Å². The van der Waals surface area contributed by atoms with E-state index < -0.39 is 0 Å². The fourth-order valence-corrected chi connectivity index (χ4v) is 3.39. The van der Waals surface area contributed by atoms with Gasteiger partial charge in [-0.25, -0.2) is 0 Å². The van der Waals surface area contributed by atoms with Gasteiger partial charge in [-0.1, -0.05) is 58.4 Å². The Bertz CT molecular complexity index is 1100. The number of halogens is 1. The number of ether oxygens (including phenoxy) is 1. The van der Waals surface area contributed by atoms with E-state index in [1.807, 2.05) is 66.7 Å². The highest BCUT2D eigenvalue weighted by atomic mass is 79.9. The molecule has 0 saturated heterocycles. The van der Waals surface area contributed by atoms with Crippen molar-refractivity contribution in [3.63, 3.8) is 0 Å². The molecule has 0 atom stereocenters. The number of aromatic amines is 1. The highest BCUT2D eigenvalue weighted by molar-refractivity contribution is 9.10. The summed E-state index contributed by atoms with van der Waals surface area (Å²) in [5.41, 5.74) is 3.74. The van der Waals surface area contributed by atoms with E-state index >= 15 is 0 Å². The molecule has 4 nitrogen and oxygen atoms in total. The van der Waals surface area contributed by atoms with Crippen molar-refractivity contribution < 1.29 is 9.53 Å². The van der Waals surface area contributed by atoms with Crippen LogP contribution in [0.3, 0.4) is 0 Å². The van der Waals surface area contributed by atoms with E-state index in [0.29, 0.717) is 18.8 Å². The van der Waals surface area contributed by atoms with Crippen LogP contribution in [-0.2, 0) is 13.0 Å². The van der Waals surface area contributed by atoms with E-state index in [9.17, 15) is 4.79 Å². The number of aromatic nitrogens is 1. The van der Waals surface area contributed by atoms with Crippen molar-refractivity contribution in [3.05, 3.63) is 100 Å². The molecule has 0 saturated carbocycles. The minimum absolute atomic E-state index is 0.106. The molecule has 0 radical (unpaired) electrons. The second kappa shape index (κ2) is 8.97. The molecule has 0 spiro atoms. The van der Waals surface area contributed by atoms with Crippen LogP contribution in [0.5, 0.6) is 5.75 Å². The predicted molar refractivity (Wildman–Crippen MR) is 119 cm³/mol. The van der Waals surface area contributed by atoms with Crippen molar-refractivity contribution in [2.24, 2.45) is 0 Å². The first-order valence-corrected chi connectivity index (χ1v) is 10.3. The summed E-state index contributed by atoms with van der Waals surface area (Å²) >= 11 is 3.43. The van der Waals surface area contributed by atoms with Crippen LogP contribution in [0.15, 0.2) is 83.3 Å². The molecular formula is C24H21BrN2O2. The van der Waals surface area contributed by atoms with Gasteiger partial charge in [0.2, 0.25) is 0 Å². The van der Waals surface area contributed by atoms with Gasteiger partial charge >= 0.3 is 0 Å². The SMILES string of the molecule is O=C(NCCc1ccc(Br)cc1)c1cc2ccc(OCc3ccccc3)cc2[nH]1. The maximum absolute atomic E-state index is 12.5. The van der Waals surface area contributed by atoms with Crippen LogP contribution in [0, 0.1) is 0 Å². The summed E-state index contributed by atoms with van der Waals surface area (Å²) in [7, 11) is 0. The van der Waals surface area contributed by atoms with Crippen molar-refractivity contribution in [1.82, 2.24) is 10.3 Å². The van der Waals surface area contributed by atoms with Gasteiger partial charge in [0.1, 0.15) is 18.1 Å². The Balaban J connectivity index is 1.36. The average molecular weight is 449 g/mol. The van der Waals surface area contributed by atoms with Crippen LogP contribution in [0.2, 0.25) is 0 Å². The molecule has 1 amide bonds. The lowest BCUT2D eigenvalue weighted by Crippen LogP contribution is -2.25. The largest absolute Gasteiger partial charge is 0.489 e. The van der Waals surface area contributed by atoms with Crippen molar-refractivity contribution >= 4 is 32.7 Å². The smallest absolute Gasteiger partial charge is 0.267 e. The Morgan fingerprint density at radius 1 is 0.931 bits per heavy atom. The van der Waals surface area contributed by atoms with Gasteiger partial charge in [-0.05, 0) is 47.9 Å². The fourth-order valence-electron chi connectivity index (χ4n) is 3.13. The molecule has 1 aromatic heterocycles. The van der Waals surface area contributed by atoms with Crippen LogP contribution in [0.1, 0.15) is 21.6 Å². The number of carbonyl (C=O) groups is 1. The molecule has 0 aliphatic rings. The maximum Gasteiger partial charge on any atom is 0.267 e. The average Bonchev–Trinajstić information content (AvgIpc) is 3.18. The Kier molecular flexibility index (Phi) is 5.96. The minimum atomic E-state index is -0.106. The summed E-state index contributed by atoms with van der Waals surface area (Å²) in [5, 5.41) is 3.95. The van der Waals surface area contributed by atoms with E-state index in [0.717, 1.165) is 33.1 Å². The summed E-state index contributed by atoms with van der Waals surface area (Å²) in [5.74, 6) is 0.662. The molecule has 5 heteroatoms. The number of H-pyrrole nitrogens is 1. The zero-order valence-corrected chi connectivity index (χ0v) is 17.4. The summed E-state index contributed by atoms with van der Waals surface area (Å²) in [6.45, 7) is 1.09. The van der Waals surface area contributed by atoms with E-state index in [2.05, 4.69) is 38.4 Å². The number of carbonyl (C=O) groups excluding carboxylic acids is 1. The molecule has 0 unspecified atom stereocenters. The van der Waals surface area contributed by atoms with Gasteiger partial charge in [0.25, 0.3) is 5.91 Å². The van der Waals surface area contributed by atoms with Gasteiger partial charge in [-0.2, -0.15) is 0 Å². The molecule has 4 rings (SSSR count). The monoisotopic (exact) mass is 448 g/mol. The van der Waals surface area contributed by atoms with E-state index in [4.69, 9.17) is 4.74 Å². The second-order valence-electron chi connectivity index (χ2n) is 6.84. The number of hydrogen-bond acceptors (Lipinski definition) is 2. The lowest BCUT2D eigenvalue weighted by atomic mass is 10.1. The third kappa shape index (κ3) is 5.06. The number of hydrogen-bond donors (Lipinski definition) is 2. The Morgan fingerprint density at radius 3 is 2.52 bits per heavy atom. The molecule has 146 valence electrons. The topological polar surface area (TPSA) is 54.1 Å². The first-order chi connectivity index (χ1) is 14.2. The lowest BCUT2D eigenvalue weighted by molar-refractivity contribution is 0.0950. The normalized spacial score (nSPS) is 10.8. The first kappa shape index (κ1) is 19.3. The molecule has 29 heavy (non-hydrogen) atoms. The zero-order chi connectivity index (χ0) is 20.1. The van der Waals surface area contributed by atoms with Gasteiger partial charge in [0.15, 0.2) is 0 Å². The van der Waals surface area contributed by atoms with Crippen LogP contribution in [0.4, 0.5) is 0 Å². The molecule has 0 aliphatic heterocycles. The van der Waals surface area contributed by atoms with Crippen molar-refractivity contribution in [1.29, 1.82) is 0 Å². The van der Waals surface area contributed by atoms with Crippen molar-refractivity contribution in [2.45, 2.75) is 13.0 Å². The zero-order valence-electron chi connectivity index (χ0n) is 15.8. The molecule has 2 N–H and O–H groups in total. The molecule has 0 bridgehead atoms. The summed E-state index contributed by atoms with van der Waals surface area (Å²) in [6.07, 6.45) is 0.788. The van der Waals surface area contributed by atoms with Crippen LogP contribution in [-0.4, -0.2) is 17.4 Å². The van der Waals surface area contributed by atoms with Crippen molar-refractivity contribution in [2.75, 3.05) is 6.54 Å². The van der Waals surface area contributed by atoms with Gasteiger partial charge < -0.3 is 15.0 Å². The molecule has 0 aliphatic carbocycles. The maximum atomic E-state index is 12.5. The van der Waals surface area contributed by atoms with Gasteiger partial charge in [0.05, 0.1) is 0 Å². The molecule has 3 aromatic carbocycles. The Labute approximate surface area is 178 Å².